The van der Waals surface area contributed by atoms with Crippen LogP contribution in [-0.2, 0) is 0 Å². The molecule has 3 nitrogen and oxygen atoms in total. The van der Waals surface area contributed by atoms with Gasteiger partial charge in [0.1, 0.15) is 12.4 Å². The normalized spacial score (nSPS) is 23.2. The summed E-state index contributed by atoms with van der Waals surface area (Å²) in [5, 5.41) is 0. The van der Waals surface area contributed by atoms with Crippen LogP contribution in [0, 0.1) is 0 Å². The maximum absolute atomic E-state index is 4.11. The third-order valence-electron chi connectivity index (χ3n) is 1.84. The van der Waals surface area contributed by atoms with Gasteiger partial charge in [0.25, 0.3) is 0 Å². The van der Waals surface area contributed by atoms with Crippen LogP contribution < -0.4 is 0 Å². The molecule has 0 aromatic rings. The van der Waals surface area contributed by atoms with Crippen LogP contribution in [0.1, 0.15) is 12.8 Å². The first-order valence-corrected chi connectivity index (χ1v) is 3.65. The molecule has 2 heterocycles. The van der Waals surface area contributed by atoms with E-state index in [1.54, 1.807) is 12.4 Å². The maximum atomic E-state index is 4.11. The standard InChI is InChI=1S/C7H10N3/c1-2-6-10(5-1)7-8-3-4-9-7/h3-4H,1-2,5-6H2/q+1. The Balaban J connectivity index is 2.26. The summed E-state index contributed by atoms with van der Waals surface area (Å²) in [6, 6.07) is 0. The second kappa shape index (κ2) is 2.33. The molecule has 0 bridgehead atoms. The number of hydrogen-bond acceptors (Lipinski definition) is 0. The Bertz CT molecular complexity index is 203. The molecular formula is C7H10N3+. The van der Waals surface area contributed by atoms with E-state index in [4.69, 9.17) is 0 Å². The number of hydrogen-bond donors (Lipinski definition) is 0. The Morgan fingerprint density at radius 2 is 1.70 bits per heavy atom. The minimum absolute atomic E-state index is 0.900. The Labute approximate surface area is 59.8 Å². The molecule has 1 fully saturated rings. The van der Waals surface area contributed by atoms with Crippen molar-refractivity contribution >= 4 is 18.4 Å². The third-order valence-corrected chi connectivity index (χ3v) is 1.84. The van der Waals surface area contributed by atoms with Crippen molar-refractivity contribution in [2.45, 2.75) is 12.8 Å². The van der Waals surface area contributed by atoms with Gasteiger partial charge in [-0.05, 0) is 12.8 Å². The minimum atomic E-state index is 0.900. The third kappa shape index (κ3) is 0.875. The lowest BCUT2D eigenvalue weighted by atomic mass is 10.4. The molecule has 0 atom stereocenters. The molecule has 0 spiro atoms. The van der Waals surface area contributed by atoms with Gasteiger partial charge >= 0.3 is 5.96 Å². The minimum Gasteiger partial charge on any atom is -0.259 e. The van der Waals surface area contributed by atoms with Crippen LogP contribution in [0.25, 0.3) is 0 Å². The van der Waals surface area contributed by atoms with Gasteiger partial charge in [-0.3, -0.25) is 4.58 Å². The van der Waals surface area contributed by atoms with E-state index in [0.717, 1.165) is 19.0 Å². The molecule has 2 rings (SSSR count). The molecule has 0 amide bonds. The fourth-order valence-electron chi connectivity index (χ4n) is 1.31. The summed E-state index contributed by atoms with van der Waals surface area (Å²) < 4.78 is 2.22. The first-order valence-electron chi connectivity index (χ1n) is 3.65. The first kappa shape index (κ1) is 5.77. The van der Waals surface area contributed by atoms with Crippen LogP contribution in [0.3, 0.4) is 0 Å². The molecule has 0 saturated carbocycles. The van der Waals surface area contributed by atoms with E-state index in [9.17, 15) is 0 Å². The zero-order valence-corrected chi connectivity index (χ0v) is 5.82. The van der Waals surface area contributed by atoms with E-state index >= 15 is 0 Å². The highest BCUT2D eigenvalue weighted by Crippen LogP contribution is 2.03. The molecule has 0 radical (unpaired) electrons. The Kier molecular flexibility index (Phi) is 1.34. The predicted molar refractivity (Wildman–Crippen MR) is 41.2 cm³/mol. The molecule has 0 unspecified atom stereocenters. The van der Waals surface area contributed by atoms with Gasteiger partial charge in [0.15, 0.2) is 0 Å². The summed E-state index contributed by atoms with van der Waals surface area (Å²) in [4.78, 5) is 8.23. The largest absolute Gasteiger partial charge is 0.428 e. The molecule has 2 aliphatic heterocycles. The fraction of sp³-hybridized carbons (Fsp3) is 0.571. The Morgan fingerprint density at radius 1 is 1.10 bits per heavy atom. The smallest absolute Gasteiger partial charge is 0.259 e. The van der Waals surface area contributed by atoms with Crippen LogP contribution in [0.2, 0.25) is 0 Å². The van der Waals surface area contributed by atoms with Gasteiger partial charge in [0.2, 0.25) is 0 Å². The second-order valence-corrected chi connectivity index (χ2v) is 2.55. The monoisotopic (exact) mass is 136 g/mol. The van der Waals surface area contributed by atoms with Crippen molar-refractivity contribution in [2.75, 3.05) is 13.1 Å². The summed E-state index contributed by atoms with van der Waals surface area (Å²) in [7, 11) is 0. The Morgan fingerprint density at radius 3 is 2.30 bits per heavy atom. The molecule has 0 N–H and O–H groups in total. The van der Waals surface area contributed by atoms with Gasteiger partial charge in [-0.25, -0.2) is 0 Å². The molecule has 10 heavy (non-hydrogen) atoms. The average molecular weight is 136 g/mol. The maximum Gasteiger partial charge on any atom is 0.428 e. The lowest BCUT2D eigenvalue weighted by Crippen LogP contribution is -2.12. The van der Waals surface area contributed by atoms with E-state index in [0.29, 0.717) is 0 Å². The molecular weight excluding hydrogens is 126 g/mol. The SMILES string of the molecule is C1=NC(=[N+]2CCCC2)N=C1. The zero-order chi connectivity index (χ0) is 6.81. The molecule has 0 aromatic heterocycles. The second-order valence-electron chi connectivity index (χ2n) is 2.55. The highest BCUT2D eigenvalue weighted by Gasteiger charge is 2.17. The number of nitrogens with zero attached hydrogens (tertiary/aromatic N) is 3. The van der Waals surface area contributed by atoms with Gasteiger partial charge in [0, 0.05) is 0 Å². The summed E-state index contributed by atoms with van der Waals surface area (Å²) >= 11 is 0. The summed E-state index contributed by atoms with van der Waals surface area (Å²) in [6.07, 6.45) is 6.06. The number of rotatable bonds is 0. The summed E-state index contributed by atoms with van der Waals surface area (Å²) in [5.41, 5.74) is 0. The highest BCUT2D eigenvalue weighted by atomic mass is 15.2. The molecule has 2 aliphatic rings. The van der Waals surface area contributed by atoms with Crippen LogP contribution in [0.4, 0.5) is 0 Å². The summed E-state index contributed by atoms with van der Waals surface area (Å²) in [6.45, 7) is 2.26. The average Bonchev–Trinajstić information content (AvgIpc) is 2.59. The Hall–Kier alpha value is -0.990. The van der Waals surface area contributed by atoms with Crippen LogP contribution in [0.5, 0.6) is 0 Å². The van der Waals surface area contributed by atoms with Crippen LogP contribution >= 0.6 is 0 Å². The van der Waals surface area contributed by atoms with Crippen molar-refractivity contribution in [3.8, 4) is 0 Å². The zero-order valence-electron chi connectivity index (χ0n) is 5.82. The van der Waals surface area contributed by atoms with Crippen molar-refractivity contribution in [1.82, 2.24) is 0 Å². The molecule has 1 saturated heterocycles. The first-order chi connectivity index (χ1) is 4.97. The van der Waals surface area contributed by atoms with E-state index in [-0.39, 0.29) is 0 Å². The molecule has 52 valence electrons. The van der Waals surface area contributed by atoms with Crippen LogP contribution in [0.15, 0.2) is 9.98 Å². The topological polar surface area (TPSA) is 27.7 Å². The molecule has 0 aliphatic carbocycles. The predicted octanol–water partition coefficient (Wildman–Crippen LogP) is 0.304. The summed E-state index contributed by atoms with van der Waals surface area (Å²) in [5.74, 6) is 0.900. The quantitative estimate of drug-likeness (QED) is 0.428. The van der Waals surface area contributed by atoms with Crippen molar-refractivity contribution < 1.29 is 4.58 Å². The number of aliphatic imine (C=N–C) groups is 2. The van der Waals surface area contributed by atoms with E-state index in [2.05, 4.69) is 14.6 Å². The van der Waals surface area contributed by atoms with E-state index in [1.165, 1.54) is 12.8 Å². The van der Waals surface area contributed by atoms with Gasteiger partial charge in [-0.2, -0.15) is 0 Å². The van der Waals surface area contributed by atoms with E-state index in [1.807, 2.05) is 0 Å². The fourth-order valence-corrected chi connectivity index (χ4v) is 1.31. The van der Waals surface area contributed by atoms with E-state index < -0.39 is 0 Å². The van der Waals surface area contributed by atoms with Gasteiger partial charge in [-0.1, -0.05) is 9.98 Å². The van der Waals surface area contributed by atoms with Crippen molar-refractivity contribution in [2.24, 2.45) is 9.98 Å². The van der Waals surface area contributed by atoms with Crippen molar-refractivity contribution in [1.29, 1.82) is 0 Å². The molecule has 3 heteroatoms. The van der Waals surface area contributed by atoms with Crippen molar-refractivity contribution in [3.63, 3.8) is 0 Å². The lowest BCUT2D eigenvalue weighted by Gasteiger charge is -1.91. The lowest BCUT2D eigenvalue weighted by molar-refractivity contribution is -0.507. The van der Waals surface area contributed by atoms with Gasteiger partial charge in [0.05, 0.1) is 13.1 Å². The van der Waals surface area contributed by atoms with Crippen molar-refractivity contribution in [3.05, 3.63) is 0 Å². The van der Waals surface area contributed by atoms with Gasteiger partial charge in [-0.15, -0.1) is 0 Å². The number of guanidine groups is 1. The van der Waals surface area contributed by atoms with Gasteiger partial charge < -0.3 is 0 Å². The molecule has 0 aromatic carbocycles. The van der Waals surface area contributed by atoms with Crippen LogP contribution in [-0.4, -0.2) is 36.1 Å². The highest BCUT2D eigenvalue weighted by molar-refractivity contribution is 6.25.